The molecule has 1 saturated carbocycles. The van der Waals surface area contributed by atoms with Gasteiger partial charge in [-0.2, -0.15) is 13.2 Å². The van der Waals surface area contributed by atoms with Gasteiger partial charge in [-0.15, -0.1) is 0 Å². The average Bonchev–Trinajstić information content (AvgIpc) is 3.68. The van der Waals surface area contributed by atoms with Crippen LogP contribution in [-0.4, -0.2) is 44.7 Å². The number of methoxy groups -OCH3 is 1. The van der Waals surface area contributed by atoms with Gasteiger partial charge in [0.05, 0.1) is 36.5 Å². The van der Waals surface area contributed by atoms with Gasteiger partial charge in [0.1, 0.15) is 11.9 Å². The predicted molar refractivity (Wildman–Crippen MR) is 173 cm³/mol. The Balaban J connectivity index is 1.65. The van der Waals surface area contributed by atoms with Gasteiger partial charge in [-0.25, -0.2) is 0 Å². The van der Waals surface area contributed by atoms with Gasteiger partial charge in [0.15, 0.2) is 8.32 Å². The molecule has 3 heterocycles. The van der Waals surface area contributed by atoms with E-state index in [2.05, 4.69) is 47.7 Å². The van der Waals surface area contributed by atoms with E-state index < -0.39 is 37.7 Å². The first kappa shape index (κ1) is 34.4. The third kappa shape index (κ3) is 5.82. The minimum atomic E-state index is -4.57. The fourth-order valence-electron chi connectivity index (χ4n) is 7.93. The van der Waals surface area contributed by atoms with Crippen LogP contribution in [0.1, 0.15) is 136 Å². The number of halogens is 3. The van der Waals surface area contributed by atoms with Crippen molar-refractivity contribution in [1.29, 1.82) is 0 Å². The number of carboxylic acid groups (broad SMARTS) is 1. The second kappa shape index (κ2) is 11.6. The number of pyridine rings is 1. The summed E-state index contributed by atoms with van der Waals surface area (Å²) in [6, 6.07) is 3.99. The Kier molecular flexibility index (Phi) is 8.46. The van der Waals surface area contributed by atoms with E-state index in [1.807, 2.05) is 0 Å². The molecule has 2 fully saturated rings. The van der Waals surface area contributed by atoms with Crippen molar-refractivity contribution in [3.05, 3.63) is 57.4 Å². The van der Waals surface area contributed by atoms with Gasteiger partial charge in [0.2, 0.25) is 0 Å². The molecule has 3 atom stereocenters. The minimum Gasteiger partial charge on any atom is -0.496 e. The summed E-state index contributed by atoms with van der Waals surface area (Å²) in [6.07, 6.45) is -1.89. The highest BCUT2D eigenvalue weighted by molar-refractivity contribution is 6.74. The molecule has 2 aliphatic heterocycles. The van der Waals surface area contributed by atoms with E-state index in [-0.39, 0.29) is 40.6 Å². The maximum atomic E-state index is 13.9. The van der Waals surface area contributed by atoms with E-state index in [4.69, 9.17) is 23.6 Å². The average molecular weight is 676 g/mol. The summed E-state index contributed by atoms with van der Waals surface area (Å²) in [6.45, 7) is 16.2. The van der Waals surface area contributed by atoms with Gasteiger partial charge in [-0.1, -0.05) is 40.7 Å². The van der Waals surface area contributed by atoms with Gasteiger partial charge < -0.3 is 23.7 Å². The lowest BCUT2D eigenvalue weighted by Gasteiger charge is -2.46. The van der Waals surface area contributed by atoms with Gasteiger partial charge in [-0.3, -0.25) is 9.78 Å². The Morgan fingerprint density at radius 3 is 2.30 bits per heavy atom. The molecule has 0 bridgehead atoms. The Labute approximate surface area is 276 Å². The number of fused-ring (bicyclic) bond motifs is 4. The zero-order chi connectivity index (χ0) is 34.3. The molecule has 47 heavy (non-hydrogen) atoms. The molecule has 1 unspecified atom stereocenters. The van der Waals surface area contributed by atoms with E-state index in [9.17, 15) is 23.1 Å². The van der Waals surface area contributed by atoms with Crippen molar-refractivity contribution in [2.45, 2.75) is 127 Å². The van der Waals surface area contributed by atoms with E-state index in [0.717, 1.165) is 47.0 Å². The Morgan fingerprint density at radius 2 is 1.77 bits per heavy atom. The Bertz CT molecular complexity index is 1560. The molecule has 6 rings (SSSR count). The molecule has 1 aromatic carbocycles. The number of aliphatic carboxylic acids is 1. The van der Waals surface area contributed by atoms with Crippen molar-refractivity contribution >= 4 is 14.3 Å². The highest BCUT2D eigenvalue weighted by Gasteiger charge is 2.60. The molecule has 1 N–H and O–H groups in total. The Morgan fingerprint density at radius 1 is 1.11 bits per heavy atom. The van der Waals surface area contributed by atoms with Crippen LogP contribution in [0.3, 0.4) is 0 Å². The molecule has 7 nitrogen and oxygen atoms in total. The molecule has 1 aromatic heterocycles. The number of hydrogen-bond donors (Lipinski definition) is 1. The van der Waals surface area contributed by atoms with E-state index >= 15 is 0 Å². The van der Waals surface area contributed by atoms with Crippen LogP contribution in [0.5, 0.6) is 5.75 Å². The number of carboxylic acids is 1. The largest absolute Gasteiger partial charge is 0.496 e. The fourth-order valence-corrected chi connectivity index (χ4v) is 9.20. The van der Waals surface area contributed by atoms with Crippen molar-refractivity contribution < 1.29 is 41.7 Å². The van der Waals surface area contributed by atoms with Crippen LogP contribution in [0.2, 0.25) is 18.1 Å². The molecule has 2 aliphatic carbocycles. The number of ether oxygens (including phenoxy) is 3. The van der Waals surface area contributed by atoms with Crippen molar-refractivity contribution in [3.63, 3.8) is 0 Å². The summed E-state index contributed by atoms with van der Waals surface area (Å²) in [7, 11) is -1.08. The molecule has 2 spiro atoms. The first-order valence-electron chi connectivity index (χ1n) is 16.8. The number of nitrogens with zero attached hydrogens (tertiary/aromatic N) is 1. The number of aromatic nitrogens is 1. The molecule has 1 saturated heterocycles. The summed E-state index contributed by atoms with van der Waals surface area (Å²) >= 11 is 0. The SMILES string of the molecule is COc1cc([C@H]2OC3(CCOCC3)c3c2c(C(C)C)nc2c3[C@@H](O[Si](C)(C)C(C)(C)C)CC3(CC3)C2CC(=O)O)ccc1C(F)(F)F. The van der Waals surface area contributed by atoms with Gasteiger partial charge in [0.25, 0.3) is 0 Å². The number of carbonyl (C=O) groups is 1. The van der Waals surface area contributed by atoms with E-state index in [1.165, 1.54) is 19.2 Å². The number of alkyl halides is 3. The summed E-state index contributed by atoms with van der Waals surface area (Å²) in [5.74, 6) is -1.44. The lowest BCUT2D eigenvalue weighted by Crippen LogP contribution is -2.45. The third-order valence-corrected chi connectivity index (χ3v) is 16.1. The normalized spacial score (nSPS) is 24.8. The highest BCUT2D eigenvalue weighted by Crippen LogP contribution is 2.68. The molecule has 258 valence electrons. The van der Waals surface area contributed by atoms with Crippen molar-refractivity contribution in [2.24, 2.45) is 5.41 Å². The van der Waals surface area contributed by atoms with Crippen LogP contribution in [0.4, 0.5) is 13.2 Å². The van der Waals surface area contributed by atoms with E-state index in [1.54, 1.807) is 0 Å². The van der Waals surface area contributed by atoms with E-state index in [0.29, 0.717) is 38.0 Å². The zero-order valence-electron chi connectivity index (χ0n) is 28.8. The number of hydrogen-bond acceptors (Lipinski definition) is 6. The predicted octanol–water partition coefficient (Wildman–Crippen LogP) is 9.16. The van der Waals surface area contributed by atoms with Gasteiger partial charge in [0, 0.05) is 48.8 Å². The fraction of sp³-hybridized carbons (Fsp3) is 0.667. The lowest BCUT2D eigenvalue weighted by atomic mass is 9.67. The first-order chi connectivity index (χ1) is 21.8. The van der Waals surface area contributed by atoms with Crippen molar-refractivity contribution in [2.75, 3.05) is 20.3 Å². The standard InChI is InChI=1S/C36H48F3NO6Si/c1-20(2)30-28-29(35(13-15-44-16-14-35)45-32(28)21-9-10-22(36(37,38)39)24(17-21)43-6)27-25(46-47(7,8)33(3,4)5)19-34(11-12-34)23(18-26(41)42)31(27)40-30/h9-10,17,20,23,25,32H,11-16,18-19H2,1-8H3,(H,41,42)/t23?,25-,32+/m0/s1. The first-order valence-corrected chi connectivity index (χ1v) is 19.7. The maximum Gasteiger partial charge on any atom is 0.419 e. The summed E-state index contributed by atoms with van der Waals surface area (Å²) < 4.78 is 67.3. The summed E-state index contributed by atoms with van der Waals surface area (Å²) in [5, 5.41) is 10.1. The topological polar surface area (TPSA) is 87.1 Å². The van der Waals surface area contributed by atoms with Crippen molar-refractivity contribution in [1.82, 2.24) is 4.98 Å². The maximum absolute atomic E-state index is 13.9. The summed E-state index contributed by atoms with van der Waals surface area (Å²) in [4.78, 5) is 17.8. The summed E-state index contributed by atoms with van der Waals surface area (Å²) in [5.41, 5.74) is 3.15. The molecular weight excluding hydrogens is 627 g/mol. The van der Waals surface area contributed by atoms with Crippen LogP contribution >= 0.6 is 0 Å². The second-order valence-corrected chi connectivity index (χ2v) is 20.6. The van der Waals surface area contributed by atoms with Crippen molar-refractivity contribution in [3.8, 4) is 5.75 Å². The Hall–Kier alpha value is -2.47. The molecular formula is C36H48F3NO6Si. The molecule has 2 aromatic rings. The van der Waals surface area contributed by atoms with Crippen LogP contribution in [-0.2, 0) is 30.5 Å². The molecule has 0 radical (unpaired) electrons. The second-order valence-electron chi connectivity index (χ2n) is 15.9. The monoisotopic (exact) mass is 675 g/mol. The van der Waals surface area contributed by atoms with Gasteiger partial charge in [-0.05, 0) is 72.0 Å². The smallest absolute Gasteiger partial charge is 0.419 e. The number of benzene rings is 1. The molecule has 4 aliphatic rings. The van der Waals surface area contributed by atoms with Crippen LogP contribution < -0.4 is 4.74 Å². The lowest BCUT2D eigenvalue weighted by molar-refractivity contribution is -0.139. The zero-order valence-corrected chi connectivity index (χ0v) is 29.8. The van der Waals surface area contributed by atoms with Gasteiger partial charge >= 0.3 is 12.1 Å². The number of rotatable bonds is 7. The highest BCUT2D eigenvalue weighted by atomic mass is 28.4. The molecule has 11 heteroatoms. The van der Waals surface area contributed by atoms with Crippen LogP contribution in [0.25, 0.3) is 0 Å². The molecule has 0 amide bonds. The third-order valence-electron chi connectivity index (χ3n) is 11.6. The van der Waals surface area contributed by atoms with Crippen LogP contribution in [0, 0.1) is 5.41 Å². The quantitative estimate of drug-likeness (QED) is 0.293. The minimum absolute atomic E-state index is 0.0143. The van der Waals surface area contributed by atoms with Crippen LogP contribution in [0.15, 0.2) is 18.2 Å².